The van der Waals surface area contributed by atoms with Gasteiger partial charge in [0.05, 0.1) is 18.9 Å². The number of carbonyl (C=O) groups excluding carboxylic acids is 1. The number of hydrogen-bond acceptors (Lipinski definition) is 5. The normalized spacial score (nSPS) is 13.9. The van der Waals surface area contributed by atoms with Crippen LogP contribution < -0.4 is 10.2 Å². The molecule has 0 radical (unpaired) electrons. The zero-order valence-corrected chi connectivity index (χ0v) is 16.7. The zero-order chi connectivity index (χ0) is 20.2. The molecule has 1 amide bonds. The number of nitrogens with one attached hydrogen (secondary N) is 1. The Labute approximate surface area is 170 Å². The minimum atomic E-state index is -0.0974. The van der Waals surface area contributed by atoms with Crippen molar-refractivity contribution in [2.24, 2.45) is 0 Å². The highest BCUT2D eigenvalue weighted by molar-refractivity contribution is 5.90. The van der Waals surface area contributed by atoms with E-state index in [4.69, 9.17) is 9.72 Å². The number of aromatic nitrogens is 2. The van der Waals surface area contributed by atoms with Crippen LogP contribution in [-0.2, 0) is 9.53 Å². The molecular weight excluding hydrogens is 364 g/mol. The van der Waals surface area contributed by atoms with E-state index < -0.39 is 0 Å². The average Bonchev–Trinajstić information content (AvgIpc) is 2.74. The minimum absolute atomic E-state index is 0.0974. The van der Waals surface area contributed by atoms with E-state index >= 15 is 0 Å². The molecule has 0 saturated carbocycles. The van der Waals surface area contributed by atoms with Gasteiger partial charge in [0.2, 0.25) is 11.9 Å². The molecular formula is C23H24N4O2. The molecule has 1 fully saturated rings. The third-order valence-electron chi connectivity index (χ3n) is 4.89. The monoisotopic (exact) mass is 388 g/mol. The third kappa shape index (κ3) is 4.43. The van der Waals surface area contributed by atoms with Gasteiger partial charge in [0, 0.05) is 43.0 Å². The molecule has 1 aliphatic heterocycles. The molecule has 0 spiro atoms. The first kappa shape index (κ1) is 19.1. The van der Waals surface area contributed by atoms with Crippen molar-refractivity contribution in [1.82, 2.24) is 9.97 Å². The van der Waals surface area contributed by atoms with Crippen molar-refractivity contribution in [3.8, 4) is 22.4 Å². The lowest BCUT2D eigenvalue weighted by molar-refractivity contribution is -0.114. The van der Waals surface area contributed by atoms with Crippen LogP contribution in [0.4, 0.5) is 11.6 Å². The molecule has 0 bridgehead atoms. The number of carbonyl (C=O) groups is 1. The van der Waals surface area contributed by atoms with E-state index in [1.54, 1.807) is 0 Å². The summed E-state index contributed by atoms with van der Waals surface area (Å²) in [5.41, 5.74) is 5.75. The SMILES string of the molecule is CC(=O)Nc1cccc(-c2cnc(N3CCOCC3)nc2-c2ccc(C)cc2)c1. The van der Waals surface area contributed by atoms with E-state index in [-0.39, 0.29) is 5.91 Å². The van der Waals surface area contributed by atoms with Crippen molar-refractivity contribution in [2.75, 3.05) is 36.5 Å². The van der Waals surface area contributed by atoms with Gasteiger partial charge < -0.3 is 15.0 Å². The van der Waals surface area contributed by atoms with E-state index in [0.29, 0.717) is 19.2 Å². The van der Waals surface area contributed by atoms with Crippen molar-refractivity contribution in [2.45, 2.75) is 13.8 Å². The van der Waals surface area contributed by atoms with Gasteiger partial charge in [-0.05, 0) is 24.6 Å². The molecule has 4 rings (SSSR count). The number of nitrogens with zero attached hydrogens (tertiary/aromatic N) is 3. The lowest BCUT2D eigenvalue weighted by Crippen LogP contribution is -2.37. The Balaban J connectivity index is 1.80. The molecule has 3 aromatic rings. The molecule has 0 aliphatic carbocycles. The van der Waals surface area contributed by atoms with Gasteiger partial charge in [-0.2, -0.15) is 0 Å². The first-order valence-corrected chi connectivity index (χ1v) is 9.75. The number of ether oxygens (including phenoxy) is 1. The second kappa shape index (κ2) is 8.41. The van der Waals surface area contributed by atoms with Crippen LogP contribution in [0.2, 0.25) is 0 Å². The molecule has 1 aromatic heterocycles. The van der Waals surface area contributed by atoms with Gasteiger partial charge in [0.1, 0.15) is 0 Å². The maximum Gasteiger partial charge on any atom is 0.226 e. The number of rotatable bonds is 4. The maximum absolute atomic E-state index is 11.4. The standard InChI is InChI=1S/C23H24N4O2/c1-16-6-8-18(9-7-16)22-21(19-4-3-5-20(14-19)25-17(2)28)15-24-23(26-22)27-10-12-29-13-11-27/h3-9,14-15H,10-13H2,1-2H3,(H,25,28). The van der Waals surface area contributed by atoms with Gasteiger partial charge >= 0.3 is 0 Å². The second-order valence-corrected chi connectivity index (χ2v) is 7.16. The topological polar surface area (TPSA) is 67.4 Å². The summed E-state index contributed by atoms with van der Waals surface area (Å²) >= 11 is 0. The molecule has 6 nitrogen and oxygen atoms in total. The summed E-state index contributed by atoms with van der Waals surface area (Å²) in [6.45, 7) is 6.51. The lowest BCUT2D eigenvalue weighted by Gasteiger charge is -2.27. The van der Waals surface area contributed by atoms with Gasteiger partial charge in [0.25, 0.3) is 0 Å². The van der Waals surface area contributed by atoms with Crippen LogP contribution in [0.1, 0.15) is 12.5 Å². The van der Waals surface area contributed by atoms with E-state index in [0.717, 1.165) is 41.2 Å². The van der Waals surface area contributed by atoms with E-state index in [1.165, 1.54) is 12.5 Å². The Morgan fingerprint density at radius 2 is 1.83 bits per heavy atom. The number of hydrogen-bond donors (Lipinski definition) is 1. The van der Waals surface area contributed by atoms with E-state index in [2.05, 4.69) is 46.4 Å². The van der Waals surface area contributed by atoms with Gasteiger partial charge in [-0.1, -0.05) is 42.0 Å². The van der Waals surface area contributed by atoms with Crippen LogP contribution in [0.25, 0.3) is 22.4 Å². The molecule has 2 aromatic carbocycles. The quantitative estimate of drug-likeness (QED) is 0.734. The number of anilines is 2. The van der Waals surface area contributed by atoms with E-state index in [9.17, 15) is 4.79 Å². The van der Waals surface area contributed by atoms with Gasteiger partial charge in [-0.15, -0.1) is 0 Å². The highest BCUT2D eigenvalue weighted by Crippen LogP contribution is 2.33. The Kier molecular flexibility index (Phi) is 5.53. The Hall–Kier alpha value is -3.25. The first-order chi connectivity index (χ1) is 14.1. The maximum atomic E-state index is 11.4. The Morgan fingerprint density at radius 3 is 2.55 bits per heavy atom. The van der Waals surface area contributed by atoms with Crippen molar-refractivity contribution in [3.63, 3.8) is 0 Å². The summed E-state index contributed by atoms with van der Waals surface area (Å²) < 4.78 is 5.46. The summed E-state index contributed by atoms with van der Waals surface area (Å²) in [6, 6.07) is 16.1. The highest BCUT2D eigenvalue weighted by Gasteiger charge is 2.18. The fourth-order valence-corrected chi connectivity index (χ4v) is 3.40. The second-order valence-electron chi connectivity index (χ2n) is 7.16. The molecule has 2 heterocycles. The van der Waals surface area contributed by atoms with Gasteiger partial charge in [-0.3, -0.25) is 4.79 Å². The summed E-state index contributed by atoms with van der Waals surface area (Å²) in [4.78, 5) is 23.2. The predicted octanol–water partition coefficient (Wildman–Crippen LogP) is 3.91. The molecule has 148 valence electrons. The third-order valence-corrected chi connectivity index (χ3v) is 4.89. The predicted molar refractivity (Wildman–Crippen MR) is 115 cm³/mol. The van der Waals surface area contributed by atoms with Gasteiger partial charge in [0.15, 0.2) is 0 Å². The molecule has 1 N–H and O–H groups in total. The van der Waals surface area contributed by atoms with Crippen LogP contribution in [-0.4, -0.2) is 42.2 Å². The highest BCUT2D eigenvalue weighted by atomic mass is 16.5. The van der Waals surface area contributed by atoms with Crippen LogP contribution >= 0.6 is 0 Å². The lowest BCUT2D eigenvalue weighted by atomic mass is 9.99. The molecule has 0 atom stereocenters. The average molecular weight is 388 g/mol. The Bertz CT molecular complexity index is 1010. The zero-order valence-electron chi connectivity index (χ0n) is 16.7. The smallest absolute Gasteiger partial charge is 0.226 e. The summed E-state index contributed by atoms with van der Waals surface area (Å²) in [6.07, 6.45) is 1.87. The summed E-state index contributed by atoms with van der Waals surface area (Å²) in [5, 5.41) is 2.84. The number of aryl methyl sites for hydroxylation is 1. The van der Waals surface area contributed by atoms with Gasteiger partial charge in [-0.25, -0.2) is 9.97 Å². The largest absolute Gasteiger partial charge is 0.378 e. The number of amides is 1. The molecule has 1 aliphatic rings. The van der Waals surface area contributed by atoms with Crippen LogP contribution in [0.15, 0.2) is 54.7 Å². The van der Waals surface area contributed by atoms with Crippen molar-refractivity contribution in [1.29, 1.82) is 0 Å². The fourth-order valence-electron chi connectivity index (χ4n) is 3.40. The summed E-state index contributed by atoms with van der Waals surface area (Å²) in [5.74, 6) is 0.616. The number of benzene rings is 2. The molecule has 29 heavy (non-hydrogen) atoms. The molecule has 1 saturated heterocycles. The van der Waals surface area contributed by atoms with Crippen molar-refractivity contribution >= 4 is 17.5 Å². The summed E-state index contributed by atoms with van der Waals surface area (Å²) in [7, 11) is 0. The molecule has 0 unspecified atom stereocenters. The van der Waals surface area contributed by atoms with E-state index in [1.807, 2.05) is 30.5 Å². The minimum Gasteiger partial charge on any atom is -0.378 e. The first-order valence-electron chi connectivity index (χ1n) is 9.75. The van der Waals surface area contributed by atoms with Crippen LogP contribution in [0.5, 0.6) is 0 Å². The van der Waals surface area contributed by atoms with Crippen molar-refractivity contribution < 1.29 is 9.53 Å². The van der Waals surface area contributed by atoms with Crippen LogP contribution in [0, 0.1) is 6.92 Å². The number of morpholine rings is 1. The Morgan fingerprint density at radius 1 is 1.07 bits per heavy atom. The molecule has 6 heteroatoms. The van der Waals surface area contributed by atoms with Crippen molar-refractivity contribution in [3.05, 3.63) is 60.3 Å². The van der Waals surface area contributed by atoms with Crippen LogP contribution in [0.3, 0.4) is 0 Å². The fraction of sp³-hybridized carbons (Fsp3) is 0.261.